The first-order chi connectivity index (χ1) is 10.3. The van der Waals surface area contributed by atoms with Crippen molar-refractivity contribution in [1.29, 1.82) is 0 Å². The van der Waals surface area contributed by atoms with Gasteiger partial charge >= 0.3 is 5.97 Å². The van der Waals surface area contributed by atoms with Crippen LogP contribution in [0.2, 0.25) is 0 Å². The van der Waals surface area contributed by atoms with Crippen LogP contribution >= 0.6 is 0 Å². The van der Waals surface area contributed by atoms with Crippen LogP contribution in [0.4, 0.5) is 0 Å². The topological polar surface area (TPSA) is 35.5 Å². The third kappa shape index (κ3) is 4.62. The minimum Gasteiger partial charge on any atom is -0.460 e. The highest BCUT2D eigenvalue weighted by atomic mass is 16.6. The Kier molecular flexibility index (Phi) is 4.86. The van der Waals surface area contributed by atoms with E-state index >= 15 is 0 Å². The van der Waals surface area contributed by atoms with Crippen molar-refractivity contribution in [2.24, 2.45) is 0 Å². The fourth-order valence-corrected chi connectivity index (χ4v) is 1.98. The monoisotopic (exact) mass is 298 g/mol. The molecule has 2 rings (SSSR count). The van der Waals surface area contributed by atoms with Gasteiger partial charge in [0.05, 0.1) is 5.92 Å². The quantitative estimate of drug-likeness (QED) is 0.751. The molecule has 0 saturated carbocycles. The lowest BCUT2D eigenvalue weighted by atomic mass is 10.0. The van der Waals surface area contributed by atoms with Gasteiger partial charge < -0.3 is 9.47 Å². The summed E-state index contributed by atoms with van der Waals surface area (Å²) < 4.78 is 11.1. The van der Waals surface area contributed by atoms with E-state index in [2.05, 4.69) is 0 Å². The summed E-state index contributed by atoms with van der Waals surface area (Å²) in [6.07, 6.45) is 0. The molecular weight excluding hydrogens is 276 g/mol. The number of hydrogen-bond donors (Lipinski definition) is 0. The van der Waals surface area contributed by atoms with Gasteiger partial charge in [-0.2, -0.15) is 0 Å². The van der Waals surface area contributed by atoms with Crippen LogP contribution in [0, 0.1) is 0 Å². The van der Waals surface area contributed by atoms with Crippen LogP contribution < -0.4 is 4.74 Å². The number of hydrogen-bond acceptors (Lipinski definition) is 3. The van der Waals surface area contributed by atoms with Gasteiger partial charge in [-0.3, -0.25) is 4.79 Å². The zero-order valence-corrected chi connectivity index (χ0v) is 13.5. The van der Waals surface area contributed by atoms with Crippen LogP contribution in [0.25, 0.3) is 0 Å². The summed E-state index contributed by atoms with van der Waals surface area (Å²) in [6, 6.07) is 17.1. The molecular formula is C19H22O3. The lowest BCUT2D eigenvalue weighted by molar-refractivity contribution is -0.156. The molecule has 3 nitrogen and oxygen atoms in total. The molecule has 3 heteroatoms. The second-order valence-corrected chi connectivity index (χ2v) is 6.24. The molecule has 0 aromatic heterocycles. The van der Waals surface area contributed by atoms with Crippen LogP contribution in [0.1, 0.15) is 39.2 Å². The smallest absolute Gasteiger partial charge is 0.313 e. The van der Waals surface area contributed by atoms with Crippen LogP contribution in [-0.4, -0.2) is 11.6 Å². The summed E-state index contributed by atoms with van der Waals surface area (Å²) in [5, 5.41) is 0. The summed E-state index contributed by atoms with van der Waals surface area (Å²) in [5.41, 5.74) is 0.441. The van der Waals surface area contributed by atoms with Crippen LogP contribution in [0.5, 0.6) is 11.5 Å². The Morgan fingerprint density at radius 1 is 0.909 bits per heavy atom. The van der Waals surface area contributed by atoms with Crippen molar-refractivity contribution in [3.05, 3.63) is 60.2 Å². The number of carbonyl (C=O) groups is 1. The maximum atomic E-state index is 12.1. The van der Waals surface area contributed by atoms with E-state index in [0.29, 0.717) is 0 Å². The van der Waals surface area contributed by atoms with E-state index in [4.69, 9.17) is 9.47 Å². The molecule has 1 atom stereocenters. The van der Waals surface area contributed by atoms with Crippen LogP contribution in [0.3, 0.4) is 0 Å². The Morgan fingerprint density at radius 2 is 1.45 bits per heavy atom. The predicted octanol–water partition coefficient (Wildman–Crippen LogP) is 4.92. The van der Waals surface area contributed by atoms with Crippen molar-refractivity contribution >= 4 is 5.97 Å². The summed E-state index contributed by atoms with van der Waals surface area (Å²) in [5.74, 6) is 1.01. The lowest BCUT2D eigenvalue weighted by Crippen LogP contribution is -2.26. The third-order valence-electron chi connectivity index (χ3n) is 3.12. The minimum absolute atomic E-state index is 0.218. The molecule has 2 aromatic rings. The molecule has 0 aliphatic heterocycles. The van der Waals surface area contributed by atoms with Gasteiger partial charge in [0.2, 0.25) is 0 Å². The Morgan fingerprint density at radius 3 is 2.00 bits per heavy atom. The summed E-state index contributed by atoms with van der Waals surface area (Å²) in [6.45, 7) is 7.46. The van der Waals surface area contributed by atoms with Crippen molar-refractivity contribution in [2.45, 2.75) is 39.2 Å². The lowest BCUT2D eigenvalue weighted by Gasteiger charge is -2.22. The van der Waals surface area contributed by atoms with E-state index in [-0.39, 0.29) is 11.9 Å². The molecule has 0 fully saturated rings. The molecule has 0 N–H and O–H groups in total. The highest BCUT2D eigenvalue weighted by Crippen LogP contribution is 2.25. The van der Waals surface area contributed by atoms with Gasteiger partial charge in [0.25, 0.3) is 0 Å². The standard InChI is InChI=1S/C19H22O3/c1-14(18(20)22-19(2,3)4)15-10-12-17(13-11-15)21-16-8-6-5-7-9-16/h5-14H,1-4H3/t14-/m0/s1. The summed E-state index contributed by atoms with van der Waals surface area (Å²) in [7, 11) is 0. The average molecular weight is 298 g/mol. The van der Waals surface area contributed by atoms with Crippen molar-refractivity contribution < 1.29 is 14.3 Å². The second kappa shape index (κ2) is 6.65. The first kappa shape index (κ1) is 16.1. The SMILES string of the molecule is C[C@H](C(=O)OC(C)(C)C)c1ccc(Oc2ccccc2)cc1. The van der Waals surface area contributed by atoms with Crippen molar-refractivity contribution in [1.82, 2.24) is 0 Å². The fraction of sp³-hybridized carbons (Fsp3) is 0.316. The largest absolute Gasteiger partial charge is 0.460 e. The van der Waals surface area contributed by atoms with Gasteiger partial charge in [0.15, 0.2) is 0 Å². The third-order valence-corrected chi connectivity index (χ3v) is 3.12. The molecule has 0 bridgehead atoms. The molecule has 0 saturated heterocycles. The molecule has 0 aliphatic carbocycles. The van der Waals surface area contributed by atoms with Crippen molar-refractivity contribution in [3.8, 4) is 11.5 Å². The molecule has 0 aliphatic rings. The summed E-state index contributed by atoms with van der Waals surface area (Å²) >= 11 is 0. The highest BCUT2D eigenvalue weighted by Gasteiger charge is 2.22. The van der Waals surface area contributed by atoms with Crippen LogP contribution in [-0.2, 0) is 9.53 Å². The maximum absolute atomic E-state index is 12.1. The Hall–Kier alpha value is -2.29. The number of carbonyl (C=O) groups excluding carboxylic acids is 1. The fourth-order valence-electron chi connectivity index (χ4n) is 1.98. The number of benzene rings is 2. The van der Waals surface area contributed by atoms with E-state index in [0.717, 1.165) is 17.1 Å². The molecule has 0 spiro atoms. The van der Waals surface area contributed by atoms with E-state index < -0.39 is 5.60 Å². The number of esters is 1. The van der Waals surface area contributed by atoms with E-state index in [9.17, 15) is 4.79 Å². The number of para-hydroxylation sites is 1. The first-order valence-electron chi connectivity index (χ1n) is 7.41. The Bertz CT molecular complexity index is 609. The van der Waals surface area contributed by atoms with Crippen LogP contribution in [0.15, 0.2) is 54.6 Å². The number of ether oxygens (including phenoxy) is 2. The second-order valence-electron chi connectivity index (χ2n) is 6.24. The van der Waals surface area contributed by atoms with Gasteiger partial charge in [-0.15, -0.1) is 0 Å². The molecule has 116 valence electrons. The zero-order valence-electron chi connectivity index (χ0n) is 13.5. The van der Waals surface area contributed by atoms with Gasteiger partial charge in [-0.25, -0.2) is 0 Å². The van der Waals surface area contributed by atoms with Gasteiger partial charge in [0, 0.05) is 0 Å². The van der Waals surface area contributed by atoms with E-state index in [1.807, 2.05) is 82.3 Å². The molecule has 0 heterocycles. The minimum atomic E-state index is -0.471. The zero-order chi connectivity index (χ0) is 16.2. The van der Waals surface area contributed by atoms with Gasteiger partial charge in [-0.1, -0.05) is 30.3 Å². The molecule has 0 amide bonds. The van der Waals surface area contributed by atoms with Crippen molar-refractivity contribution in [3.63, 3.8) is 0 Å². The molecule has 0 radical (unpaired) electrons. The van der Waals surface area contributed by atoms with Crippen molar-refractivity contribution in [2.75, 3.05) is 0 Å². The van der Waals surface area contributed by atoms with Gasteiger partial charge in [-0.05, 0) is 57.5 Å². The normalized spacial score (nSPS) is 12.5. The van der Waals surface area contributed by atoms with Gasteiger partial charge in [0.1, 0.15) is 17.1 Å². The first-order valence-corrected chi connectivity index (χ1v) is 7.41. The Labute approximate surface area is 131 Å². The molecule has 2 aromatic carbocycles. The average Bonchev–Trinajstić information content (AvgIpc) is 2.46. The van der Waals surface area contributed by atoms with E-state index in [1.54, 1.807) is 0 Å². The maximum Gasteiger partial charge on any atom is 0.313 e. The number of rotatable bonds is 4. The Balaban J connectivity index is 2.04. The predicted molar refractivity (Wildman–Crippen MR) is 87.2 cm³/mol. The summed E-state index contributed by atoms with van der Waals surface area (Å²) in [4.78, 5) is 12.1. The highest BCUT2D eigenvalue weighted by molar-refractivity contribution is 5.78. The molecule has 22 heavy (non-hydrogen) atoms. The molecule has 0 unspecified atom stereocenters. The van der Waals surface area contributed by atoms with E-state index in [1.165, 1.54) is 0 Å².